The molecule has 3 N–H and O–H groups in total. The summed E-state index contributed by atoms with van der Waals surface area (Å²) in [6, 6.07) is 13.6. The molecular weight excluding hydrogens is 482 g/mol. The van der Waals surface area contributed by atoms with E-state index in [1.54, 1.807) is 22.8 Å². The van der Waals surface area contributed by atoms with Gasteiger partial charge in [0.1, 0.15) is 0 Å². The third-order valence-corrected chi connectivity index (χ3v) is 7.54. The van der Waals surface area contributed by atoms with Gasteiger partial charge in [0.25, 0.3) is 5.56 Å². The zero-order chi connectivity index (χ0) is 26.8. The molecule has 2 aliphatic carbocycles. The Labute approximate surface area is 221 Å². The predicted molar refractivity (Wildman–Crippen MR) is 149 cm³/mol. The first-order valence-corrected chi connectivity index (χ1v) is 13.5. The number of hydrogen-bond acceptors (Lipinski definition) is 4. The number of urea groups is 1. The molecule has 1 heterocycles. The van der Waals surface area contributed by atoms with E-state index in [1.165, 1.54) is 4.57 Å². The van der Waals surface area contributed by atoms with Crippen LogP contribution in [-0.2, 0) is 11.3 Å². The number of carbonyl (C=O) groups excluding carboxylic acids is 2. The quantitative estimate of drug-likeness (QED) is 0.429. The number of carbonyl (C=O) groups is 2. The fourth-order valence-electron chi connectivity index (χ4n) is 5.39. The lowest BCUT2D eigenvalue weighted by molar-refractivity contribution is -0.121. The van der Waals surface area contributed by atoms with E-state index < -0.39 is 5.92 Å². The van der Waals surface area contributed by atoms with Gasteiger partial charge in [0.2, 0.25) is 5.91 Å². The van der Waals surface area contributed by atoms with Gasteiger partial charge < -0.3 is 16.0 Å². The Kier molecular flexibility index (Phi) is 7.35. The van der Waals surface area contributed by atoms with Crippen molar-refractivity contribution in [3.63, 3.8) is 0 Å². The normalized spacial score (nSPS) is 19.3. The van der Waals surface area contributed by atoms with Gasteiger partial charge in [-0.1, -0.05) is 31.0 Å². The zero-order valence-electron chi connectivity index (χ0n) is 21.9. The van der Waals surface area contributed by atoms with Gasteiger partial charge in [-0.15, -0.1) is 0 Å². The lowest BCUT2D eigenvalue weighted by Crippen LogP contribution is -2.48. The van der Waals surface area contributed by atoms with Crippen LogP contribution in [0.15, 0.2) is 58.1 Å². The summed E-state index contributed by atoms with van der Waals surface area (Å²) in [6.07, 6.45) is 5.27. The third kappa shape index (κ3) is 5.51. The zero-order valence-corrected chi connectivity index (χ0v) is 21.9. The number of anilines is 2. The number of fused-ring (bicyclic) bond motifs is 1. The maximum absolute atomic E-state index is 13.4. The molecule has 5 rings (SSSR count). The number of amides is 3. The predicted octanol–water partition coefficient (Wildman–Crippen LogP) is 4.47. The van der Waals surface area contributed by atoms with Crippen LogP contribution < -0.4 is 27.2 Å². The number of aromatic nitrogens is 2. The van der Waals surface area contributed by atoms with Crippen LogP contribution in [-0.4, -0.2) is 27.1 Å². The van der Waals surface area contributed by atoms with E-state index >= 15 is 0 Å². The molecule has 0 spiro atoms. The maximum atomic E-state index is 13.4. The Balaban J connectivity index is 1.37. The van der Waals surface area contributed by atoms with Crippen molar-refractivity contribution < 1.29 is 9.59 Å². The van der Waals surface area contributed by atoms with Crippen molar-refractivity contribution in [1.29, 1.82) is 0 Å². The summed E-state index contributed by atoms with van der Waals surface area (Å²) < 4.78 is 3.00. The van der Waals surface area contributed by atoms with Gasteiger partial charge in [0.15, 0.2) is 0 Å². The highest BCUT2D eigenvalue weighted by Gasteiger charge is 2.32. The molecule has 9 nitrogen and oxygen atoms in total. The Morgan fingerprint density at radius 3 is 2.37 bits per heavy atom. The van der Waals surface area contributed by atoms with E-state index in [1.807, 2.05) is 44.2 Å². The van der Waals surface area contributed by atoms with Crippen LogP contribution in [0.25, 0.3) is 10.9 Å². The molecule has 3 amide bonds. The van der Waals surface area contributed by atoms with E-state index in [9.17, 15) is 19.2 Å². The number of rotatable bonds is 7. The largest absolute Gasteiger partial charge is 0.334 e. The molecular formula is C29H35N5O4. The summed E-state index contributed by atoms with van der Waals surface area (Å²) in [4.78, 5) is 52.4. The maximum Gasteiger partial charge on any atom is 0.331 e. The second-order valence-electron chi connectivity index (χ2n) is 10.8. The summed E-state index contributed by atoms with van der Waals surface area (Å²) in [5.41, 5.74) is 1.15. The Hall–Kier alpha value is -3.88. The van der Waals surface area contributed by atoms with Crippen molar-refractivity contribution in [2.75, 3.05) is 10.6 Å². The number of hydrogen-bond donors (Lipinski definition) is 3. The number of nitrogens with zero attached hydrogens (tertiary/aromatic N) is 2. The summed E-state index contributed by atoms with van der Waals surface area (Å²) in [5, 5.41) is 9.19. The lowest BCUT2D eigenvalue weighted by Gasteiger charge is -2.31. The smallest absolute Gasteiger partial charge is 0.331 e. The number of para-hydroxylation sites is 1. The van der Waals surface area contributed by atoms with Crippen molar-refractivity contribution in [2.24, 2.45) is 11.8 Å². The monoisotopic (exact) mass is 517 g/mol. The van der Waals surface area contributed by atoms with Gasteiger partial charge >= 0.3 is 11.7 Å². The van der Waals surface area contributed by atoms with Crippen LogP contribution in [0.2, 0.25) is 0 Å². The van der Waals surface area contributed by atoms with Crippen molar-refractivity contribution in [2.45, 2.75) is 71.0 Å². The topological polar surface area (TPSA) is 114 Å². The van der Waals surface area contributed by atoms with E-state index in [4.69, 9.17) is 0 Å². The molecule has 0 bridgehead atoms. The molecule has 2 aromatic carbocycles. The molecule has 3 aromatic rings. The van der Waals surface area contributed by atoms with Crippen molar-refractivity contribution in [3.8, 4) is 0 Å². The van der Waals surface area contributed by atoms with Gasteiger partial charge in [0.05, 0.1) is 16.8 Å². The molecule has 1 aromatic heterocycles. The van der Waals surface area contributed by atoms with E-state index in [0.29, 0.717) is 47.6 Å². The Morgan fingerprint density at radius 1 is 0.921 bits per heavy atom. The fourth-order valence-corrected chi connectivity index (χ4v) is 5.39. The number of benzene rings is 2. The molecule has 38 heavy (non-hydrogen) atoms. The summed E-state index contributed by atoms with van der Waals surface area (Å²) in [6.45, 7) is 4.27. The van der Waals surface area contributed by atoms with Gasteiger partial charge in [0, 0.05) is 30.0 Å². The summed E-state index contributed by atoms with van der Waals surface area (Å²) in [7, 11) is 0. The molecule has 0 unspecified atom stereocenters. The first-order valence-electron chi connectivity index (χ1n) is 13.5. The molecule has 0 aliphatic heterocycles. The van der Waals surface area contributed by atoms with Crippen LogP contribution >= 0.6 is 0 Å². The standard InChI is InChI=1S/C29H35N5O4/c1-18(2)34-25-15-14-21(16-23(25)27(36)33(29(34)38)17-19-12-13-19)30-26(35)22-10-6-7-11-24(22)32-28(37)31-20-8-4-3-5-9-20/h3-5,8-9,14-16,18-19,22,24H,6-7,10-13,17H2,1-2H3,(H,30,35)(H2,31,32,37)/t22-,24-/m1/s1. The van der Waals surface area contributed by atoms with E-state index in [-0.39, 0.29) is 35.3 Å². The highest BCUT2D eigenvalue weighted by molar-refractivity contribution is 5.96. The fraction of sp³-hybridized carbons (Fsp3) is 0.448. The van der Waals surface area contributed by atoms with Crippen LogP contribution in [0.4, 0.5) is 16.2 Å². The minimum Gasteiger partial charge on any atom is -0.334 e. The molecule has 2 atom stereocenters. The average molecular weight is 518 g/mol. The minimum atomic E-state index is -0.392. The first-order chi connectivity index (χ1) is 18.3. The summed E-state index contributed by atoms with van der Waals surface area (Å²) in [5.74, 6) is -0.210. The van der Waals surface area contributed by atoms with Crippen molar-refractivity contribution in [3.05, 3.63) is 69.4 Å². The molecule has 2 fully saturated rings. The molecule has 9 heteroatoms. The van der Waals surface area contributed by atoms with Crippen LogP contribution in [0.5, 0.6) is 0 Å². The molecule has 2 aliphatic rings. The van der Waals surface area contributed by atoms with Gasteiger partial charge in [-0.3, -0.25) is 18.7 Å². The molecule has 200 valence electrons. The number of nitrogens with one attached hydrogen (secondary N) is 3. The summed E-state index contributed by atoms with van der Waals surface area (Å²) >= 11 is 0. The van der Waals surface area contributed by atoms with Gasteiger partial charge in [-0.2, -0.15) is 0 Å². The van der Waals surface area contributed by atoms with Gasteiger partial charge in [-0.05, 0) is 75.8 Å². The second-order valence-corrected chi connectivity index (χ2v) is 10.8. The van der Waals surface area contributed by atoms with Crippen LogP contribution in [0.1, 0.15) is 58.4 Å². The highest BCUT2D eigenvalue weighted by atomic mass is 16.2. The minimum absolute atomic E-state index is 0.118. The van der Waals surface area contributed by atoms with E-state index in [2.05, 4.69) is 16.0 Å². The van der Waals surface area contributed by atoms with Crippen molar-refractivity contribution >= 4 is 34.2 Å². The SMILES string of the molecule is CC(C)n1c(=O)n(CC2CC2)c(=O)c2cc(NC(=O)[C@@H]3CCCC[C@H]3NC(=O)Nc3ccccc3)ccc21. The van der Waals surface area contributed by atoms with Crippen LogP contribution in [0, 0.1) is 11.8 Å². The third-order valence-electron chi connectivity index (χ3n) is 7.54. The van der Waals surface area contributed by atoms with Crippen LogP contribution in [0.3, 0.4) is 0 Å². The van der Waals surface area contributed by atoms with Crippen molar-refractivity contribution in [1.82, 2.24) is 14.5 Å². The lowest BCUT2D eigenvalue weighted by atomic mass is 9.84. The first kappa shape index (κ1) is 25.8. The Bertz CT molecular complexity index is 1460. The highest BCUT2D eigenvalue weighted by Crippen LogP contribution is 2.30. The Morgan fingerprint density at radius 2 is 1.66 bits per heavy atom. The molecule has 2 saturated carbocycles. The van der Waals surface area contributed by atoms with E-state index in [0.717, 1.165) is 25.7 Å². The molecule has 0 radical (unpaired) electrons. The second kappa shape index (κ2) is 10.8. The van der Waals surface area contributed by atoms with Gasteiger partial charge in [-0.25, -0.2) is 9.59 Å². The molecule has 0 saturated heterocycles. The average Bonchev–Trinajstić information content (AvgIpc) is 3.72.